The smallest absolute Gasteiger partial charge is 0.155 e. The van der Waals surface area contributed by atoms with E-state index in [9.17, 15) is 19.8 Å². The van der Waals surface area contributed by atoms with Gasteiger partial charge in [0.1, 0.15) is 11.9 Å². The van der Waals surface area contributed by atoms with Crippen LogP contribution in [0.4, 0.5) is 0 Å². The van der Waals surface area contributed by atoms with Gasteiger partial charge in [-0.3, -0.25) is 9.59 Å². The average molecular weight is 370 g/mol. The van der Waals surface area contributed by atoms with Crippen molar-refractivity contribution in [2.24, 2.45) is 34.5 Å². The van der Waals surface area contributed by atoms with E-state index < -0.39 is 17.6 Å². The van der Waals surface area contributed by atoms with Gasteiger partial charge in [0, 0.05) is 17.8 Å². The second kappa shape index (κ2) is 6.29. The molecule has 0 aromatic rings. The Morgan fingerprint density at radius 1 is 1.33 bits per heavy atom. The van der Waals surface area contributed by atoms with Crippen molar-refractivity contribution < 1.29 is 19.8 Å². The molecule has 0 bridgehead atoms. The van der Waals surface area contributed by atoms with Gasteiger partial charge in [0.25, 0.3) is 0 Å². The number of hydrogen-bond donors (Lipinski definition) is 2. The number of aliphatic hydroxyl groups excluding tert-OH is 2. The summed E-state index contributed by atoms with van der Waals surface area (Å²) in [4.78, 5) is 24.4. The number of hydrogen-bond acceptors (Lipinski definition) is 4. The lowest BCUT2D eigenvalue weighted by Crippen LogP contribution is -2.60. The predicted octanol–water partition coefficient (Wildman–Crippen LogP) is 2.67. The summed E-state index contributed by atoms with van der Waals surface area (Å²) >= 11 is 0. The number of Topliss-reactive ketones (excluding diaryl/α,β-unsaturated/α-hetero) is 1. The van der Waals surface area contributed by atoms with Crippen LogP contribution < -0.4 is 0 Å². The average Bonchev–Trinajstić information content (AvgIpc) is 3.01. The van der Waals surface area contributed by atoms with Gasteiger partial charge in [0.05, 0.1) is 6.10 Å². The van der Waals surface area contributed by atoms with Crippen molar-refractivity contribution in [3.05, 3.63) is 11.6 Å². The first-order valence-corrected chi connectivity index (χ1v) is 10.3. The van der Waals surface area contributed by atoms with Crippen LogP contribution in [0.1, 0.15) is 58.8 Å². The van der Waals surface area contributed by atoms with Gasteiger partial charge in [-0.05, 0) is 74.7 Å². The first-order chi connectivity index (χ1) is 12.8. The van der Waals surface area contributed by atoms with Crippen molar-refractivity contribution in [3.63, 3.8) is 0 Å². The number of rotatable bonds is 2. The minimum absolute atomic E-state index is 0.0689. The fourth-order valence-corrected chi connectivity index (χ4v) is 7.63. The maximum absolute atomic E-state index is 12.4. The number of carbonyl (C=O) groups is 2. The van der Waals surface area contributed by atoms with Gasteiger partial charge in [-0.1, -0.05) is 18.4 Å². The first kappa shape index (κ1) is 18.9. The molecule has 0 radical (unpaired) electrons. The molecule has 4 heteroatoms. The van der Waals surface area contributed by atoms with Crippen LogP contribution in [0.25, 0.3) is 0 Å². The maximum atomic E-state index is 12.4. The van der Waals surface area contributed by atoms with Crippen molar-refractivity contribution in [3.8, 4) is 12.3 Å². The third-order valence-corrected chi connectivity index (χ3v) is 8.66. The molecule has 0 aliphatic heterocycles. The Balaban J connectivity index is 1.78. The summed E-state index contributed by atoms with van der Waals surface area (Å²) in [6.07, 6.45) is 10.9. The number of ketones is 2. The molecule has 8 atom stereocenters. The van der Waals surface area contributed by atoms with Gasteiger partial charge in [-0.25, -0.2) is 0 Å². The SMILES string of the molecule is C#CC(O)[C@]12C[C@H](O)[C@H]3[C@@H](CCC4=CC(=O)CC[C@@]43C)[C@@H]1CC[C@@H]2C(C)=O. The third-order valence-electron chi connectivity index (χ3n) is 8.66. The Morgan fingerprint density at radius 3 is 2.74 bits per heavy atom. The van der Waals surface area contributed by atoms with E-state index in [1.165, 1.54) is 5.57 Å². The second-order valence-electron chi connectivity index (χ2n) is 9.58. The van der Waals surface area contributed by atoms with E-state index in [1.807, 2.05) is 6.08 Å². The summed E-state index contributed by atoms with van der Waals surface area (Å²) in [5.41, 5.74) is 0.311. The van der Waals surface area contributed by atoms with Crippen LogP contribution in [0.3, 0.4) is 0 Å². The lowest BCUT2D eigenvalue weighted by Gasteiger charge is -2.60. The lowest BCUT2D eigenvalue weighted by atomic mass is 9.44. The molecule has 3 fully saturated rings. The van der Waals surface area contributed by atoms with Crippen LogP contribution in [0.15, 0.2) is 11.6 Å². The van der Waals surface area contributed by atoms with Gasteiger partial charge < -0.3 is 10.2 Å². The molecule has 2 N–H and O–H groups in total. The van der Waals surface area contributed by atoms with E-state index in [4.69, 9.17) is 6.42 Å². The molecule has 0 spiro atoms. The van der Waals surface area contributed by atoms with Crippen molar-refractivity contribution in [1.29, 1.82) is 0 Å². The van der Waals surface area contributed by atoms with E-state index in [0.717, 1.165) is 32.1 Å². The molecule has 0 heterocycles. The molecular formula is C23H30O4. The van der Waals surface area contributed by atoms with Gasteiger partial charge >= 0.3 is 0 Å². The minimum Gasteiger partial charge on any atom is -0.393 e. The van der Waals surface area contributed by atoms with Crippen LogP contribution in [0, 0.1) is 46.8 Å². The highest BCUT2D eigenvalue weighted by molar-refractivity contribution is 5.91. The topological polar surface area (TPSA) is 74.6 Å². The molecule has 0 amide bonds. The maximum Gasteiger partial charge on any atom is 0.155 e. The Hall–Kier alpha value is -1.44. The molecule has 0 aromatic heterocycles. The summed E-state index contributed by atoms with van der Waals surface area (Å²) in [5, 5.41) is 22.2. The normalized spacial score (nSPS) is 47.1. The molecular weight excluding hydrogens is 340 g/mol. The first-order valence-electron chi connectivity index (χ1n) is 10.3. The monoisotopic (exact) mass is 370 g/mol. The van der Waals surface area contributed by atoms with E-state index in [-0.39, 0.29) is 40.7 Å². The van der Waals surface area contributed by atoms with Crippen LogP contribution in [-0.2, 0) is 9.59 Å². The number of fused-ring (bicyclic) bond motifs is 5. The van der Waals surface area contributed by atoms with Crippen LogP contribution in [0.2, 0.25) is 0 Å². The van der Waals surface area contributed by atoms with Crippen molar-refractivity contribution in [1.82, 2.24) is 0 Å². The van der Waals surface area contributed by atoms with E-state index >= 15 is 0 Å². The van der Waals surface area contributed by atoms with Gasteiger partial charge in [-0.15, -0.1) is 6.42 Å². The molecule has 4 aliphatic rings. The minimum atomic E-state index is -1.01. The van der Waals surface area contributed by atoms with Gasteiger partial charge in [0.15, 0.2) is 5.78 Å². The summed E-state index contributed by atoms with van der Waals surface area (Å²) < 4.78 is 0. The highest BCUT2D eigenvalue weighted by atomic mass is 16.3. The summed E-state index contributed by atoms with van der Waals surface area (Å²) in [6.45, 7) is 3.79. The van der Waals surface area contributed by atoms with Gasteiger partial charge in [0.2, 0.25) is 0 Å². The fraction of sp³-hybridized carbons (Fsp3) is 0.739. The Kier molecular flexibility index (Phi) is 4.40. The molecule has 0 saturated heterocycles. The summed E-state index contributed by atoms with van der Waals surface area (Å²) in [5.74, 6) is 2.95. The third kappa shape index (κ3) is 2.44. The van der Waals surface area contributed by atoms with Crippen molar-refractivity contribution in [2.45, 2.75) is 71.0 Å². The Morgan fingerprint density at radius 2 is 2.07 bits per heavy atom. The predicted molar refractivity (Wildman–Crippen MR) is 101 cm³/mol. The summed E-state index contributed by atoms with van der Waals surface area (Å²) in [7, 11) is 0. The molecule has 27 heavy (non-hydrogen) atoms. The largest absolute Gasteiger partial charge is 0.393 e. The summed E-state index contributed by atoms with van der Waals surface area (Å²) in [6, 6.07) is 0. The van der Waals surface area contributed by atoms with Crippen LogP contribution >= 0.6 is 0 Å². The zero-order chi connectivity index (χ0) is 19.6. The molecule has 3 saturated carbocycles. The van der Waals surface area contributed by atoms with Gasteiger partial charge in [-0.2, -0.15) is 0 Å². The number of aliphatic hydroxyl groups is 2. The molecule has 4 rings (SSSR count). The van der Waals surface area contributed by atoms with Crippen LogP contribution in [-0.4, -0.2) is 34.0 Å². The second-order valence-corrected chi connectivity index (χ2v) is 9.58. The lowest BCUT2D eigenvalue weighted by molar-refractivity contribution is -0.166. The fourth-order valence-electron chi connectivity index (χ4n) is 7.63. The molecule has 1 unspecified atom stereocenters. The molecule has 4 nitrogen and oxygen atoms in total. The zero-order valence-electron chi connectivity index (χ0n) is 16.3. The van der Waals surface area contributed by atoms with Crippen LogP contribution in [0.5, 0.6) is 0 Å². The Labute approximate surface area is 161 Å². The zero-order valence-corrected chi connectivity index (χ0v) is 16.3. The number of carbonyl (C=O) groups excluding carboxylic acids is 2. The van der Waals surface area contributed by atoms with Crippen molar-refractivity contribution >= 4 is 11.6 Å². The van der Waals surface area contributed by atoms with E-state index in [1.54, 1.807) is 6.92 Å². The highest BCUT2D eigenvalue weighted by Crippen LogP contribution is 2.67. The highest BCUT2D eigenvalue weighted by Gasteiger charge is 2.66. The Bertz CT molecular complexity index is 746. The van der Waals surface area contributed by atoms with E-state index in [2.05, 4.69) is 12.8 Å². The molecule has 4 aliphatic carbocycles. The van der Waals surface area contributed by atoms with Crippen molar-refractivity contribution in [2.75, 3.05) is 0 Å². The number of allylic oxidation sites excluding steroid dienone is 1. The quantitative estimate of drug-likeness (QED) is 0.733. The number of terminal acetylenes is 1. The standard InChI is InChI=1S/C23H30O4/c1-4-20(27)23-12-19(26)21-16(18(23)8-7-17(23)13(2)24)6-5-14-11-15(25)9-10-22(14,21)3/h1,11,16-21,26-27H,5-10,12H2,2-3H3/t16-,17+,18-,19-,20?,21+,22-,23-/m0/s1. The molecule has 0 aromatic carbocycles. The molecule has 146 valence electrons. The van der Waals surface area contributed by atoms with E-state index in [0.29, 0.717) is 12.8 Å².